The molecule has 2 aromatic heterocycles. The van der Waals surface area contributed by atoms with Crippen molar-refractivity contribution in [1.82, 2.24) is 15.2 Å². The molecule has 1 amide bonds. The number of H-pyrrole nitrogens is 1. The largest absolute Gasteiger partial charge is 0.443 e. The van der Waals surface area contributed by atoms with E-state index in [0.717, 1.165) is 18.5 Å². The highest BCUT2D eigenvalue weighted by molar-refractivity contribution is 6.30. The number of halogens is 1. The molecule has 0 aliphatic carbocycles. The van der Waals surface area contributed by atoms with Crippen LogP contribution < -0.4 is 10.7 Å². The third kappa shape index (κ3) is 3.96. The topological polar surface area (TPSA) is 98.6 Å². The van der Waals surface area contributed by atoms with Gasteiger partial charge < -0.3 is 19.8 Å². The minimum Gasteiger partial charge on any atom is -0.443 e. The van der Waals surface area contributed by atoms with Crippen molar-refractivity contribution in [2.24, 2.45) is 0 Å². The molecule has 1 fully saturated rings. The number of hydrogen-bond donors (Lipinski definition) is 3. The Balaban J connectivity index is 1.49. The third-order valence-corrected chi connectivity index (χ3v) is 5.11. The summed E-state index contributed by atoms with van der Waals surface area (Å²) in [4.78, 5) is 30.1. The van der Waals surface area contributed by atoms with E-state index in [4.69, 9.17) is 16.0 Å². The molecular formula is C20H20ClN3O4. The lowest BCUT2D eigenvalue weighted by Crippen LogP contribution is -2.28. The number of aliphatic hydroxyl groups is 1. The molecule has 1 atom stereocenters. The molecule has 1 aromatic carbocycles. The molecule has 0 saturated carbocycles. The Labute approximate surface area is 165 Å². The molecule has 1 aliphatic rings. The van der Waals surface area contributed by atoms with Crippen LogP contribution in [0.2, 0.25) is 5.02 Å². The van der Waals surface area contributed by atoms with Crippen LogP contribution in [0.3, 0.4) is 0 Å². The lowest BCUT2D eigenvalue weighted by Gasteiger charge is -2.11. The van der Waals surface area contributed by atoms with E-state index in [9.17, 15) is 14.7 Å². The SMILES string of the molecule is O=C(NCc1ccc(Cl)cc1)c1c[nH]c2oc(CN3CCC(O)C3)cc2c1=O. The van der Waals surface area contributed by atoms with Gasteiger partial charge in [0.2, 0.25) is 11.1 Å². The lowest BCUT2D eigenvalue weighted by molar-refractivity contribution is 0.0949. The second-order valence-corrected chi connectivity index (χ2v) is 7.41. The first-order valence-corrected chi connectivity index (χ1v) is 9.44. The maximum absolute atomic E-state index is 12.7. The molecule has 8 heteroatoms. The zero-order chi connectivity index (χ0) is 19.7. The van der Waals surface area contributed by atoms with Gasteiger partial charge in [0, 0.05) is 30.9 Å². The third-order valence-electron chi connectivity index (χ3n) is 4.86. The van der Waals surface area contributed by atoms with Crippen LogP contribution in [0.4, 0.5) is 0 Å². The van der Waals surface area contributed by atoms with Gasteiger partial charge in [0.05, 0.1) is 18.0 Å². The van der Waals surface area contributed by atoms with E-state index in [1.807, 2.05) is 12.1 Å². The van der Waals surface area contributed by atoms with E-state index in [0.29, 0.717) is 41.5 Å². The van der Waals surface area contributed by atoms with Gasteiger partial charge in [-0.2, -0.15) is 0 Å². The fourth-order valence-corrected chi connectivity index (χ4v) is 3.49. The second-order valence-electron chi connectivity index (χ2n) is 6.97. The van der Waals surface area contributed by atoms with Gasteiger partial charge in [-0.15, -0.1) is 0 Å². The molecule has 1 unspecified atom stereocenters. The molecule has 7 nitrogen and oxygen atoms in total. The Bertz CT molecular complexity index is 1060. The van der Waals surface area contributed by atoms with Crippen LogP contribution in [0.25, 0.3) is 11.1 Å². The molecular weight excluding hydrogens is 382 g/mol. The molecule has 0 bridgehead atoms. The molecule has 3 heterocycles. The Morgan fingerprint density at radius 1 is 1.36 bits per heavy atom. The zero-order valence-corrected chi connectivity index (χ0v) is 15.8. The van der Waals surface area contributed by atoms with E-state index in [1.54, 1.807) is 18.2 Å². The van der Waals surface area contributed by atoms with Gasteiger partial charge in [0.15, 0.2) is 0 Å². The predicted molar refractivity (Wildman–Crippen MR) is 105 cm³/mol. The van der Waals surface area contributed by atoms with Gasteiger partial charge >= 0.3 is 0 Å². The fraction of sp³-hybridized carbons (Fsp3) is 0.300. The maximum Gasteiger partial charge on any atom is 0.257 e. The molecule has 28 heavy (non-hydrogen) atoms. The summed E-state index contributed by atoms with van der Waals surface area (Å²) in [6.45, 7) is 2.17. The normalized spacial score (nSPS) is 17.3. The van der Waals surface area contributed by atoms with Crippen LogP contribution in [0.15, 0.2) is 45.7 Å². The number of aliphatic hydroxyl groups excluding tert-OH is 1. The van der Waals surface area contributed by atoms with Crippen molar-refractivity contribution in [2.75, 3.05) is 13.1 Å². The van der Waals surface area contributed by atoms with Crippen molar-refractivity contribution in [2.45, 2.75) is 25.6 Å². The Kier molecular flexibility index (Phi) is 5.21. The highest BCUT2D eigenvalue weighted by Gasteiger charge is 2.22. The first kappa shape index (κ1) is 18.7. The number of nitrogens with one attached hydrogen (secondary N) is 2. The standard InChI is InChI=1S/C20H20ClN3O4/c21-13-3-1-12(2-4-13)8-22-19(27)17-9-23-20-16(18(17)26)7-15(28-20)11-24-6-5-14(25)10-24/h1-4,7,9,14,25H,5-6,8,10-11H2,(H,22,27)(H,23,26). The van der Waals surface area contributed by atoms with Crippen LogP contribution in [-0.2, 0) is 13.1 Å². The van der Waals surface area contributed by atoms with Crippen molar-refractivity contribution < 1.29 is 14.3 Å². The Morgan fingerprint density at radius 3 is 2.86 bits per heavy atom. The van der Waals surface area contributed by atoms with Crippen molar-refractivity contribution in [3.63, 3.8) is 0 Å². The van der Waals surface area contributed by atoms with E-state index in [1.165, 1.54) is 6.20 Å². The summed E-state index contributed by atoms with van der Waals surface area (Å²) in [5.41, 5.74) is 0.881. The molecule has 4 rings (SSSR count). The highest BCUT2D eigenvalue weighted by atomic mass is 35.5. The number of fused-ring (bicyclic) bond motifs is 1. The van der Waals surface area contributed by atoms with Crippen molar-refractivity contribution in [1.29, 1.82) is 0 Å². The molecule has 3 aromatic rings. The van der Waals surface area contributed by atoms with Crippen molar-refractivity contribution in [3.8, 4) is 0 Å². The molecule has 1 saturated heterocycles. The number of aromatic nitrogens is 1. The maximum atomic E-state index is 12.7. The molecule has 3 N–H and O–H groups in total. The molecule has 0 radical (unpaired) electrons. The zero-order valence-electron chi connectivity index (χ0n) is 15.1. The number of likely N-dealkylation sites (tertiary alicyclic amines) is 1. The van der Waals surface area contributed by atoms with Crippen LogP contribution in [-0.4, -0.2) is 40.1 Å². The van der Waals surface area contributed by atoms with Crippen LogP contribution in [0.1, 0.15) is 28.1 Å². The highest BCUT2D eigenvalue weighted by Crippen LogP contribution is 2.19. The number of carbonyl (C=O) groups is 1. The average Bonchev–Trinajstić information content (AvgIpc) is 3.27. The number of carbonyl (C=O) groups excluding carboxylic acids is 1. The molecule has 0 spiro atoms. The summed E-state index contributed by atoms with van der Waals surface area (Å²) in [7, 11) is 0. The van der Waals surface area contributed by atoms with Crippen LogP contribution in [0, 0.1) is 0 Å². The number of pyridine rings is 1. The fourth-order valence-electron chi connectivity index (χ4n) is 3.37. The summed E-state index contributed by atoms with van der Waals surface area (Å²) in [6.07, 6.45) is 1.79. The Morgan fingerprint density at radius 2 is 2.14 bits per heavy atom. The first-order valence-electron chi connectivity index (χ1n) is 9.07. The van der Waals surface area contributed by atoms with Crippen LogP contribution >= 0.6 is 11.6 Å². The van der Waals surface area contributed by atoms with E-state index in [2.05, 4.69) is 15.2 Å². The number of benzene rings is 1. The van der Waals surface area contributed by atoms with Gasteiger partial charge in [0.1, 0.15) is 11.3 Å². The predicted octanol–water partition coefficient (Wildman–Crippen LogP) is 2.27. The number of nitrogens with zero attached hydrogens (tertiary/aromatic N) is 1. The summed E-state index contributed by atoms with van der Waals surface area (Å²) in [6, 6.07) is 8.78. The van der Waals surface area contributed by atoms with Crippen molar-refractivity contribution in [3.05, 3.63) is 68.7 Å². The lowest BCUT2D eigenvalue weighted by atomic mass is 10.2. The summed E-state index contributed by atoms with van der Waals surface area (Å²) >= 11 is 5.85. The number of β-amino-alcohol motifs (C(OH)–C–C–N with tert-alkyl or cyclic N) is 1. The minimum atomic E-state index is -0.455. The number of rotatable bonds is 5. The number of amides is 1. The van der Waals surface area contributed by atoms with E-state index < -0.39 is 5.91 Å². The monoisotopic (exact) mass is 401 g/mol. The van der Waals surface area contributed by atoms with Crippen molar-refractivity contribution >= 4 is 28.6 Å². The number of hydrogen-bond acceptors (Lipinski definition) is 5. The second kappa shape index (κ2) is 7.79. The van der Waals surface area contributed by atoms with Gasteiger partial charge in [0.25, 0.3) is 5.91 Å². The molecule has 1 aliphatic heterocycles. The van der Waals surface area contributed by atoms with Crippen LogP contribution in [0.5, 0.6) is 0 Å². The number of furan rings is 1. The first-order chi connectivity index (χ1) is 13.5. The van der Waals surface area contributed by atoms with Gasteiger partial charge in [-0.3, -0.25) is 14.5 Å². The van der Waals surface area contributed by atoms with Gasteiger partial charge in [-0.1, -0.05) is 23.7 Å². The average molecular weight is 402 g/mol. The molecule has 146 valence electrons. The summed E-state index contributed by atoms with van der Waals surface area (Å²) < 4.78 is 5.70. The van der Waals surface area contributed by atoms with E-state index >= 15 is 0 Å². The van der Waals surface area contributed by atoms with Gasteiger partial charge in [-0.25, -0.2) is 0 Å². The summed E-state index contributed by atoms with van der Waals surface area (Å²) in [5.74, 6) is 0.166. The quantitative estimate of drug-likeness (QED) is 0.609. The number of aromatic amines is 1. The van der Waals surface area contributed by atoms with Gasteiger partial charge in [-0.05, 0) is 30.2 Å². The smallest absolute Gasteiger partial charge is 0.257 e. The van der Waals surface area contributed by atoms with E-state index in [-0.39, 0.29) is 17.1 Å². The summed E-state index contributed by atoms with van der Waals surface area (Å²) in [5, 5.41) is 13.3. The minimum absolute atomic E-state index is 0.0328. The Hall–Kier alpha value is -2.61.